The highest BCUT2D eigenvalue weighted by atomic mass is 16.8. The molecule has 0 bridgehead atoms. The van der Waals surface area contributed by atoms with Crippen LogP contribution in [0.15, 0.2) is 18.2 Å². The van der Waals surface area contributed by atoms with Crippen LogP contribution in [0.4, 0.5) is 0 Å². The third-order valence-electron chi connectivity index (χ3n) is 4.88. The van der Waals surface area contributed by atoms with Crippen molar-refractivity contribution < 1.29 is 33.2 Å². The van der Waals surface area contributed by atoms with Crippen LogP contribution in [0.3, 0.4) is 0 Å². The van der Waals surface area contributed by atoms with Crippen LogP contribution in [0.25, 0.3) is 0 Å². The Kier molecular flexibility index (Phi) is 8.07. The Labute approximate surface area is 188 Å². The van der Waals surface area contributed by atoms with Gasteiger partial charge in [0.2, 0.25) is 0 Å². The van der Waals surface area contributed by atoms with E-state index in [-0.39, 0.29) is 31.0 Å². The largest absolute Gasteiger partial charge is 0.486 e. The summed E-state index contributed by atoms with van der Waals surface area (Å²) in [6, 6.07) is 8.75. The van der Waals surface area contributed by atoms with E-state index in [4.69, 9.17) is 38.4 Å². The number of nitrogens with zero attached hydrogens (tertiary/aromatic N) is 2. The van der Waals surface area contributed by atoms with Crippen molar-refractivity contribution in [1.29, 1.82) is 10.5 Å². The average Bonchev–Trinajstić information content (AvgIpc) is 3.27. The second kappa shape index (κ2) is 10.6. The van der Waals surface area contributed by atoms with Crippen molar-refractivity contribution in [3.05, 3.63) is 29.3 Å². The molecule has 9 nitrogen and oxygen atoms in total. The molecular weight excluding hydrogens is 416 g/mol. The molecule has 0 saturated carbocycles. The highest BCUT2D eigenvalue weighted by Crippen LogP contribution is 2.24. The van der Waals surface area contributed by atoms with Crippen molar-refractivity contribution >= 4 is 0 Å². The number of nitriles is 2. The molecule has 0 aliphatic carbocycles. The predicted octanol–water partition coefficient (Wildman–Crippen LogP) is 2.51. The molecule has 9 heteroatoms. The number of hydrogen-bond acceptors (Lipinski definition) is 9. The maximum atomic E-state index is 9.26. The summed E-state index contributed by atoms with van der Waals surface area (Å²) in [6.07, 6.45) is -0.754. The Hall–Kier alpha value is -2.24. The van der Waals surface area contributed by atoms with Gasteiger partial charge < -0.3 is 33.2 Å². The van der Waals surface area contributed by atoms with Crippen molar-refractivity contribution in [2.75, 3.05) is 39.6 Å². The molecule has 2 atom stereocenters. The normalized spacial score (nSPS) is 24.6. The summed E-state index contributed by atoms with van der Waals surface area (Å²) in [7, 11) is 0. The number of benzene rings is 1. The van der Waals surface area contributed by atoms with Crippen molar-refractivity contribution in [2.24, 2.45) is 0 Å². The maximum Gasteiger partial charge on any atom is 0.163 e. The lowest BCUT2D eigenvalue weighted by molar-refractivity contribution is -0.149. The molecule has 2 aliphatic rings. The monoisotopic (exact) mass is 446 g/mol. The lowest BCUT2D eigenvalue weighted by Gasteiger charge is -2.22. The molecule has 1 aromatic rings. The minimum Gasteiger partial charge on any atom is -0.486 e. The molecule has 174 valence electrons. The molecule has 2 saturated heterocycles. The molecule has 2 aliphatic heterocycles. The Morgan fingerprint density at radius 3 is 1.88 bits per heavy atom. The van der Waals surface area contributed by atoms with Crippen molar-refractivity contribution in [3.63, 3.8) is 0 Å². The molecule has 2 fully saturated rings. The van der Waals surface area contributed by atoms with Crippen LogP contribution in [0.2, 0.25) is 0 Å². The van der Waals surface area contributed by atoms with E-state index in [9.17, 15) is 5.26 Å². The van der Waals surface area contributed by atoms with E-state index in [1.54, 1.807) is 18.2 Å². The molecule has 0 spiro atoms. The molecule has 3 rings (SSSR count). The van der Waals surface area contributed by atoms with Gasteiger partial charge in [-0.05, 0) is 45.9 Å². The fraction of sp³-hybridized carbons (Fsp3) is 0.652. The number of rotatable bonds is 10. The van der Waals surface area contributed by atoms with Gasteiger partial charge in [0, 0.05) is 0 Å². The van der Waals surface area contributed by atoms with E-state index in [2.05, 4.69) is 0 Å². The van der Waals surface area contributed by atoms with Crippen LogP contribution in [-0.2, 0) is 28.4 Å². The number of ether oxygens (including phenoxy) is 7. The van der Waals surface area contributed by atoms with Crippen LogP contribution < -0.4 is 4.74 Å². The van der Waals surface area contributed by atoms with Crippen molar-refractivity contribution in [1.82, 2.24) is 0 Å². The topological polar surface area (TPSA) is 112 Å². The predicted molar refractivity (Wildman–Crippen MR) is 112 cm³/mol. The first kappa shape index (κ1) is 24.4. The van der Waals surface area contributed by atoms with Gasteiger partial charge in [0.05, 0.1) is 50.8 Å². The van der Waals surface area contributed by atoms with Gasteiger partial charge >= 0.3 is 0 Å². The van der Waals surface area contributed by atoms with E-state index in [1.165, 1.54) is 0 Å². The van der Waals surface area contributed by atoms with Crippen LogP contribution >= 0.6 is 0 Å². The third-order valence-corrected chi connectivity index (χ3v) is 4.88. The van der Waals surface area contributed by atoms with Gasteiger partial charge in [-0.25, -0.2) is 0 Å². The zero-order valence-electron chi connectivity index (χ0n) is 19.0. The van der Waals surface area contributed by atoms with Gasteiger partial charge in [-0.1, -0.05) is 0 Å². The van der Waals surface area contributed by atoms with Crippen molar-refractivity contribution in [2.45, 2.75) is 57.6 Å². The minimum absolute atomic E-state index is 0.155. The SMILES string of the molecule is CC1(C)OCC(COCC(COCC2COC(C)(C)O2)Oc2ccc(C#N)c(C#N)c2)O1. The van der Waals surface area contributed by atoms with Crippen LogP contribution in [0.5, 0.6) is 5.75 Å². The smallest absolute Gasteiger partial charge is 0.163 e. The highest BCUT2D eigenvalue weighted by molar-refractivity contribution is 5.49. The second-order valence-corrected chi connectivity index (χ2v) is 8.65. The molecule has 2 heterocycles. The molecule has 0 amide bonds. The molecule has 0 aromatic heterocycles. The lowest BCUT2D eigenvalue weighted by atomic mass is 10.1. The van der Waals surface area contributed by atoms with Crippen LogP contribution in [0.1, 0.15) is 38.8 Å². The quantitative estimate of drug-likeness (QED) is 0.535. The summed E-state index contributed by atoms with van der Waals surface area (Å²) in [5, 5.41) is 18.4. The lowest BCUT2D eigenvalue weighted by Crippen LogP contribution is -2.33. The standard InChI is InChI=1S/C23H30N2O7/c1-22(2)28-14-20(31-22)12-26-10-19(11-27-13-21-15-29-23(3,4)32-21)30-18-6-5-16(8-24)17(7-18)9-25/h5-7,19-21H,10-15H2,1-4H3. The van der Waals surface area contributed by atoms with Gasteiger partial charge in [-0.15, -0.1) is 0 Å². The molecule has 32 heavy (non-hydrogen) atoms. The van der Waals surface area contributed by atoms with Crippen molar-refractivity contribution in [3.8, 4) is 17.9 Å². The molecule has 2 unspecified atom stereocenters. The van der Waals surface area contributed by atoms with E-state index >= 15 is 0 Å². The van der Waals surface area contributed by atoms with Gasteiger partial charge in [-0.2, -0.15) is 10.5 Å². The Bertz CT molecular complexity index is 827. The van der Waals surface area contributed by atoms with E-state index in [1.807, 2.05) is 39.8 Å². The maximum absolute atomic E-state index is 9.26. The Morgan fingerprint density at radius 1 is 0.906 bits per heavy atom. The summed E-state index contributed by atoms with van der Waals surface area (Å²) in [6.45, 7) is 9.57. The fourth-order valence-electron chi connectivity index (χ4n) is 3.45. The highest BCUT2D eigenvalue weighted by Gasteiger charge is 2.34. The average molecular weight is 447 g/mol. The van der Waals surface area contributed by atoms with E-state index in [0.717, 1.165) is 0 Å². The Balaban J connectivity index is 1.55. The summed E-state index contributed by atoms with van der Waals surface area (Å²) in [4.78, 5) is 0. The zero-order valence-corrected chi connectivity index (χ0v) is 19.0. The fourth-order valence-corrected chi connectivity index (χ4v) is 3.45. The Morgan fingerprint density at radius 2 is 1.44 bits per heavy atom. The van der Waals surface area contributed by atoms with E-state index < -0.39 is 17.7 Å². The number of hydrogen-bond donors (Lipinski definition) is 0. The van der Waals surface area contributed by atoms with Gasteiger partial charge in [0.25, 0.3) is 0 Å². The van der Waals surface area contributed by atoms with Gasteiger partial charge in [0.1, 0.15) is 36.2 Å². The molecule has 0 N–H and O–H groups in total. The zero-order chi connectivity index (χ0) is 23.2. The van der Waals surface area contributed by atoms with E-state index in [0.29, 0.717) is 37.7 Å². The minimum atomic E-state index is -0.611. The van der Waals surface area contributed by atoms with Crippen LogP contribution in [0, 0.1) is 22.7 Å². The third kappa shape index (κ3) is 7.14. The molecule has 1 aromatic carbocycles. The summed E-state index contributed by atoms with van der Waals surface area (Å²) in [5.74, 6) is -0.762. The summed E-state index contributed by atoms with van der Waals surface area (Å²) in [5.41, 5.74) is 0.550. The first-order valence-corrected chi connectivity index (χ1v) is 10.6. The molecule has 0 radical (unpaired) electrons. The summed E-state index contributed by atoms with van der Waals surface area (Å²) < 4.78 is 40.3. The first-order valence-electron chi connectivity index (χ1n) is 10.6. The molecular formula is C23H30N2O7. The second-order valence-electron chi connectivity index (χ2n) is 8.65. The van der Waals surface area contributed by atoms with Gasteiger partial charge in [0.15, 0.2) is 11.6 Å². The van der Waals surface area contributed by atoms with Crippen LogP contribution in [-0.4, -0.2) is 69.5 Å². The van der Waals surface area contributed by atoms with Gasteiger partial charge in [-0.3, -0.25) is 0 Å². The summed E-state index contributed by atoms with van der Waals surface area (Å²) >= 11 is 0. The first-order chi connectivity index (χ1) is 15.2.